The summed E-state index contributed by atoms with van der Waals surface area (Å²) in [6.45, 7) is 0. The molecule has 0 atom stereocenters. The summed E-state index contributed by atoms with van der Waals surface area (Å²) in [6, 6.07) is 12.4. The van der Waals surface area contributed by atoms with Crippen LogP contribution in [0.15, 0.2) is 47.6 Å². The number of carbonyl (C=O) groups excluding carboxylic acids is 1. The molecule has 114 valence electrons. The number of benzene rings is 2. The number of methoxy groups -OCH3 is 1. The van der Waals surface area contributed by atoms with Gasteiger partial charge >= 0.3 is 0 Å². The summed E-state index contributed by atoms with van der Waals surface area (Å²) in [4.78, 5) is 11.9. The monoisotopic (exact) mass is 336 g/mol. The van der Waals surface area contributed by atoms with E-state index in [0.29, 0.717) is 21.4 Å². The average Bonchev–Trinajstić information content (AvgIpc) is 2.51. The minimum Gasteiger partial charge on any atom is -0.497 e. The number of rotatable bonds is 5. The van der Waals surface area contributed by atoms with Gasteiger partial charge in [0.2, 0.25) is 5.91 Å². The summed E-state index contributed by atoms with van der Waals surface area (Å²) >= 11 is 12.0. The fourth-order valence-electron chi connectivity index (χ4n) is 1.78. The Morgan fingerprint density at radius 2 is 2.00 bits per heavy atom. The van der Waals surface area contributed by atoms with Gasteiger partial charge in [0, 0.05) is 15.6 Å². The molecule has 0 fully saturated rings. The van der Waals surface area contributed by atoms with Gasteiger partial charge in [0.15, 0.2) is 0 Å². The molecule has 0 radical (unpaired) electrons. The fraction of sp³-hybridized carbons (Fsp3) is 0.125. The van der Waals surface area contributed by atoms with Gasteiger partial charge in [0.25, 0.3) is 0 Å². The van der Waals surface area contributed by atoms with Crippen LogP contribution in [0.2, 0.25) is 10.0 Å². The molecule has 0 saturated carbocycles. The first-order chi connectivity index (χ1) is 10.6. The van der Waals surface area contributed by atoms with E-state index in [1.54, 1.807) is 37.4 Å². The fourth-order valence-corrected chi connectivity index (χ4v) is 2.15. The van der Waals surface area contributed by atoms with E-state index in [2.05, 4.69) is 10.5 Å². The van der Waals surface area contributed by atoms with Crippen molar-refractivity contribution in [3.63, 3.8) is 0 Å². The zero-order valence-corrected chi connectivity index (χ0v) is 13.4. The standard InChI is InChI=1S/C16H14Cl2N2O2/c1-22-13-6-7-15(18)12(8-13)9-16(21)20-19-10-11-4-2-3-5-14(11)17/h2-8,10H,9H2,1H3,(H,20,21)/b19-10+. The van der Waals surface area contributed by atoms with Crippen molar-refractivity contribution < 1.29 is 9.53 Å². The molecule has 1 N–H and O–H groups in total. The van der Waals surface area contributed by atoms with Gasteiger partial charge in [-0.15, -0.1) is 0 Å². The molecule has 0 bridgehead atoms. The Morgan fingerprint density at radius 1 is 1.23 bits per heavy atom. The van der Waals surface area contributed by atoms with Crippen LogP contribution in [0.3, 0.4) is 0 Å². The topological polar surface area (TPSA) is 50.7 Å². The van der Waals surface area contributed by atoms with E-state index >= 15 is 0 Å². The summed E-state index contributed by atoms with van der Waals surface area (Å²) < 4.78 is 5.11. The van der Waals surface area contributed by atoms with E-state index in [9.17, 15) is 4.79 Å². The van der Waals surface area contributed by atoms with Crippen molar-refractivity contribution in [1.82, 2.24) is 5.43 Å². The van der Waals surface area contributed by atoms with Gasteiger partial charge in [0.1, 0.15) is 5.75 Å². The predicted molar refractivity (Wildman–Crippen MR) is 88.9 cm³/mol. The maximum atomic E-state index is 11.9. The van der Waals surface area contributed by atoms with Gasteiger partial charge in [-0.1, -0.05) is 41.4 Å². The minimum absolute atomic E-state index is 0.107. The highest BCUT2D eigenvalue weighted by Crippen LogP contribution is 2.22. The van der Waals surface area contributed by atoms with E-state index in [-0.39, 0.29) is 12.3 Å². The van der Waals surface area contributed by atoms with Crippen molar-refractivity contribution in [3.8, 4) is 5.75 Å². The molecule has 4 nitrogen and oxygen atoms in total. The van der Waals surface area contributed by atoms with Crippen LogP contribution in [-0.4, -0.2) is 19.2 Å². The average molecular weight is 337 g/mol. The zero-order chi connectivity index (χ0) is 15.9. The largest absolute Gasteiger partial charge is 0.497 e. The lowest BCUT2D eigenvalue weighted by Gasteiger charge is -2.06. The second-order valence-electron chi connectivity index (χ2n) is 4.45. The summed E-state index contributed by atoms with van der Waals surface area (Å²) in [5, 5.41) is 4.96. The van der Waals surface area contributed by atoms with Crippen LogP contribution in [-0.2, 0) is 11.2 Å². The normalized spacial score (nSPS) is 10.7. The highest BCUT2D eigenvalue weighted by molar-refractivity contribution is 6.33. The maximum Gasteiger partial charge on any atom is 0.244 e. The van der Waals surface area contributed by atoms with Gasteiger partial charge in [-0.25, -0.2) is 5.43 Å². The maximum absolute atomic E-state index is 11.9. The number of hydrogen-bond donors (Lipinski definition) is 1. The number of nitrogens with one attached hydrogen (secondary N) is 1. The molecular formula is C16H14Cl2N2O2. The minimum atomic E-state index is -0.279. The third-order valence-electron chi connectivity index (χ3n) is 2.90. The van der Waals surface area contributed by atoms with E-state index < -0.39 is 0 Å². The van der Waals surface area contributed by atoms with Crippen molar-refractivity contribution in [3.05, 3.63) is 63.6 Å². The molecule has 0 aliphatic heterocycles. The molecule has 0 aromatic heterocycles. The molecular weight excluding hydrogens is 323 g/mol. The second-order valence-corrected chi connectivity index (χ2v) is 5.26. The number of hydrazone groups is 1. The third kappa shape index (κ3) is 4.48. The Bertz CT molecular complexity index is 702. The van der Waals surface area contributed by atoms with Crippen LogP contribution >= 0.6 is 23.2 Å². The number of nitrogens with zero attached hydrogens (tertiary/aromatic N) is 1. The SMILES string of the molecule is COc1ccc(Cl)c(CC(=O)N/N=C/c2ccccc2Cl)c1. The van der Waals surface area contributed by atoms with Crippen LogP contribution in [0, 0.1) is 0 Å². The Labute approximate surface area is 138 Å². The molecule has 0 unspecified atom stereocenters. The first-order valence-corrected chi connectivity index (χ1v) is 7.24. The quantitative estimate of drug-likeness (QED) is 0.668. The molecule has 6 heteroatoms. The van der Waals surface area contributed by atoms with Crippen molar-refractivity contribution >= 4 is 35.3 Å². The zero-order valence-electron chi connectivity index (χ0n) is 11.8. The second kappa shape index (κ2) is 7.82. The van der Waals surface area contributed by atoms with Crippen molar-refractivity contribution in [2.45, 2.75) is 6.42 Å². The highest BCUT2D eigenvalue weighted by atomic mass is 35.5. The van der Waals surface area contributed by atoms with Crippen molar-refractivity contribution in [2.24, 2.45) is 5.10 Å². The van der Waals surface area contributed by atoms with Crippen LogP contribution in [0.4, 0.5) is 0 Å². The van der Waals surface area contributed by atoms with E-state index in [1.165, 1.54) is 6.21 Å². The number of hydrogen-bond acceptors (Lipinski definition) is 3. The van der Waals surface area contributed by atoms with Gasteiger partial charge < -0.3 is 4.74 Å². The molecule has 1 amide bonds. The molecule has 22 heavy (non-hydrogen) atoms. The molecule has 2 aromatic carbocycles. The first kappa shape index (κ1) is 16.3. The number of amides is 1. The summed E-state index contributed by atoms with van der Waals surface area (Å²) in [6.07, 6.45) is 1.60. The Kier molecular flexibility index (Phi) is 5.81. The van der Waals surface area contributed by atoms with Gasteiger partial charge in [-0.2, -0.15) is 5.10 Å². The van der Waals surface area contributed by atoms with E-state index in [0.717, 1.165) is 5.56 Å². The molecule has 0 heterocycles. The van der Waals surface area contributed by atoms with Crippen molar-refractivity contribution in [1.29, 1.82) is 0 Å². The Hall–Kier alpha value is -2.04. The molecule has 0 aliphatic carbocycles. The van der Waals surface area contributed by atoms with Crippen LogP contribution in [0.1, 0.15) is 11.1 Å². The Morgan fingerprint density at radius 3 is 2.73 bits per heavy atom. The van der Waals surface area contributed by atoms with E-state index in [4.69, 9.17) is 27.9 Å². The molecule has 0 saturated heterocycles. The number of halogens is 2. The summed E-state index contributed by atoms with van der Waals surface area (Å²) in [7, 11) is 1.56. The van der Waals surface area contributed by atoms with Crippen molar-refractivity contribution in [2.75, 3.05) is 7.11 Å². The lowest BCUT2D eigenvalue weighted by molar-refractivity contribution is -0.120. The summed E-state index contributed by atoms with van der Waals surface area (Å²) in [5.74, 6) is 0.366. The van der Waals surface area contributed by atoms with Crippen LogP contribution < -0.4 is 10.2 Å². The molecule has 2 aromatic rings. The highest BCUT2D eigenvalue weighted by Gasteiger charge is 2.08. The van der Waals surface area contributed by atoms with Crippen LogP contribution in [0.25, 0.3) is 0 Å². The van der Waals surface area contributed by atoms with Gasteiger partial charge in [-0.3, -0.25) is 4.79 Å². The lowest BCUT2D eigenvalue weighted by Crippen LogP contribution is -2.20. The first-order valence-electron chi connectivity index (χ1n) is 6.49. The smallest absolute Gasteiger partial charge is 0.244 e. The van der Waals surface area contributed by atoms with Gasteiger partial charge in [0.05, 0.1) is 19.7 Å². The van der Waals surface area contributed by atoms with Gasteiger partial charge in [-0.05, 0) is 29.8 Å². The van der Waals surface area contributed by atoms with E-state index in [1.807, 2.05) is 12.1 Å². The third-order valence-corrected chi connectivity index (χ3v) is 3.61. The predicted octanol–water partition coefficient (Wildman–Crippen LogP) is 3.69. The summed E-state index contributed by atoms with van der Waals surface area (Å²) in [5.41, 5.74) is 3.84. The molecule has 2 rings (SSSR count). The van der Waals surface area contributed by atoms with Crippen LogP contribution in [0.5, 0.6) is 5.75 Å². The molecule has 0 aliphatic rings. The number of ether oxygens (including phenoxy) is 1. The number of carbonyl (C=O) groups is 1. The molecule has 0 spiro atoms. The Balaban J connectivity index is 1.98. The lowest BCUT2D eigenvalue weighted by atomic mass is 10.1.